The van der Waals surface area contributed by atoms with Crippen LogP contribution in [-0.4, -0.2) is 68.3 Å². The van der Waals surface area contributed by atoms with E-state index in [0.717, 1.165) is 25.7 Å². The van der Waals surface area contributed by atoms with E-state index in [2.05, 4.69) is 50.5 Å². The molecule has 0 aliphatic rings. The summed E-state index contributed by atoms with van der Waals surface area (Å²) >= 11 is 0. The Morgan fingerprint density at radius 1 is 0.739 bits per heavy atom. The maximum Gasteiger partial charge on any atom is 0.338 e. The monoisotopic (exact) mass is 668 g/mol. The number of rotatable bonds is 18. The molecule has 1 aromatic heterocycles. The molecule has 0 saturated carbocycles. The molecule has 0 spiro atoms. The second kappa shape index (κ2) is 17.2. The van der Waals surface area contributed by atoms with Crippen LogP contribution >= 0.6 is 0 Å². The van der Waals surface area contributed by atoms with Crippen molar-refractivity contribution in [1.82, 2.24) is 15.0 Å². The fourth-order valence-corrected chi connectivity index (χ4v) is 10.4. The average molecular weight is 669 g/mol. The molecule has 2 aromatic carbocycles. The molecule has 3 rings (SSSR count). The number of aromatic nitrogens is 3. The van der Waals surface area contributed by atoms with E-state index < -0.39 is 16.9 Å². The molecule has 46 heavy (non-hydrogen) atoms. The van der Waals surface area contributed by atoms with Crippen molar-refractivity contribution in [3.8, 4) is 0 Å². The molecule has 0 radical (unpaired) electrons. The van der Waals surface area contributed by atoms with Crippen molar-refractivity contribution in [2.24, 2.45) is 0 Å². The van der Waals surface area contributed by atoms with Gasteiger partial charge in [-0.15, -0.1) is 0 Å². The fourth-order valence-electron chi connectivity index (χ4n) is 4.14. The number of unbranched alkanes of at least 4 members (excludes halogenated alkanes) is 2. The molecule has 0 aliphatic carbocycles. The lowest BCUT2D eigenvalue weighted by molar-refractivity contribution is 0.0490. The Bertz CT molecular complexity index is 1330. The van der Waals surface area contributed by atoms with Gasteiger partial charge in [-0.3, -0.25) is 0 Å². The van der Waals surface area contributed by atoms with E-state index in [0.29, 0.717) is 42.3 Å². The van der Waals surface area contributed by atoms with Gasteiger partial charge in [0.25, 0.3) is 0 Å². The summed E-state index contributed by atoms with van der Waals surface area (Å²) in [5.74, 6) is 0.0563. The lowest BCUT2D eigenvalue weighted by atomic mass is 10.2. The van der Waals surface area contributed by atoms with Crippen LogP contribution in [0.5, 0.6) is 0 Å². The molecular formula is C32H48N6O6Si2. The lowest BCUT2D eigenvalue weighted by Crippen LogP contribution is -2.49. The molecule has 0 bridgehead atoms. The predicted molar refractivity (Wildman–Crippen MR) is 186 cm³/mol. The molecule has 12 nitrogen and oxygen atoms in total. The summed E-state index contributed by atoms with van der Waals surface area (Å²) in [5.41, 5.74) is 2.06. The summed E-state index contributed by atoms with van der Waals surface area (Å²) in [7, 11) is -4.92. The standard InChI is InChI=1S/C32H48N6O6Si2/c1-8-10-20-42-28(39)24-12-16-26(17-13-24)34-31-36-30(33-22-23(3)46(7,41)44-45(4,5)6)37-32(38-31)35-27-18-14-25(15-19-27)29(40)43-21-11-9-2/h12-19,23,41H,8-11,20-22H2,1-7H3,(H3,33,34,35,36,37,38). The van der Waals surface area contributed by atoms with E-state index in [1.54, 1.807) is 55.1 Å². The zero-order valence-corrected chi connectivity index (χ0v) is 30.0. The summed E-state index contributed by atoms with van der Waals surface area (Å²) in [5, 5.41) is 9.57. The highest BCUT2D eigenvalue weighted by Crippen LogP contribution is 2.25. The van der Waals surface area contributed by atoms with Gasteiger partial charge >= 0.3 is 20.5 Å². The van der Waals surface area contributed by atoms with Crippen LogP contribution in [0.2, 0.25) is 31.7 Å². The number of ether oxygens (including phenoxy) is 2. The van der Waals surface area contributed by atoms with Gasteiger partial charge in [0.2, 0.25) is 17.8 Å². The van der Waals surface area contributed by atoms with Gasteiger partial charge in [0, 0.05) is 23.5 Å². The summed E-state index contributed by atoms with van der Waals surface area (Å²) < 4.78 is 16.7. The third kappa shape index (κ3) is 12.2. The van der Waals surface area contributed by atoms with E-state index in [-0.39, 0.29) is 35.3 Å². The minimum atomic E-state index is -2.98. The zero-order valence-electron chi connectivity index (χ0n) is 28.0. The molecule has 2 unspecified atom stereocenters. The number of hydrogen-bond donors (Lipinski definition) is 4. The highest BCUT2D eigenvalue weighted by atomic mass is 28.4. The Labute approximate surface area is 274 Å². The van der Waals surface area contributed by atoms with Crippen molar-refractivity contribution in [2.75, 3.05) is 35.7 Å². The second-order valence-corrected chi connectivity index (χ2v) is 20.4. The van der Waals surface area contributed by atoms with Crippen LogP contribution in [0.3, 0.4) is 0 Å². The van der Waals surface area contributed by atoms with Crippen LogP contribution in [0.15, 0.2) is 48.5 Å². The third-order valence-corrected chi connectivity index (χ3v) is 13.0. The summed E-state index contributed by atoms with van der Waals surface area (Å²) in [6.07, 6.45) is 3.52. The average Bonchev–Trinajstić information content (AvgIpc) is 2.99. The van der Waals surface area contributed by atoms with Crippen LogP contribution in [0.25, 0.3) is 0 Å². The van der Waals surface area contributed by atoms with Gasteiger partial charge in [-0.2, -0.15) is 15.0 Å². The normalized spacial score (nSPS) is 13.3. The Kier molecular flexibility index (Phi) is 13.7. The molecule has 0 amide bonds. The quantitative estimate of drug-likeness (QED) is 0.0627. The number of carbonyl (C=O) groups excluding carboxylic acids is 2. The van der Waals surface area contributed by atoms with Crippen molar-refractivity contribution in [1.29, 1.82) is 0 Å². The van der Waals surface area contributed by atoms with Crippen molar-refractivity contribution < 1.29 is 28.0 Å². The van der Waals surface area contributed by atoms with Crippen molar-refractivity contribution in [2.45, 2.75) is 78.2 Å². The van der Waals surface area contributed by atoms with E-state index >= 15 is 0 Å². The topological polar surface area (TPSA) is 157 Å². The van der Waals surface area contributed by atoms with Gasteiger partial charge in [-0.25, -0.2) is 9.59 Å². The highest BCUT2D eigenvalue weighted by Gasteiger charge is 2.38. The molecular weight excluding hydrogens is 621 g/mol. The smallest absolute Gasteiger partial charge is 0.338 e. The molecule has 14 heteroatoms. The second-order valence-electron chi connectivity index (χ2n) is 12.2. The molecule has 250 valence electrons. The Morgan fingerprint density at radius 3 is 1.54 bits per heavy atom. The Morgan fingerprint density at radius 2 is 1.15 bits per heavy atom. The summed E-state index contributed by atoms with van der Waals surface area (Å²) in [6, 6.07) is 13.7. The maximum atomic E-state index is 12.3. The number of nitrogens with zero attached hydrogens (tertiary/aromatic N) is 3. The number of esters is 2. The molecule has 0 aliphatic heterocycles. The largest absolute Gasteiger partial charge is 0.462 e. The van der Waals surface area contributed by atoms with Crippen LogP contribution in [0.4, 0.5) is 29.2 Å². The van der Waals surface area contributed by atoms with Crippen LogP contribution < -0.4 is 16.0 Å². The van der Waals surface area contributed by atoms with Crippen molar-refractivity contribution in [3.05, 3.63) is 59.7 Å². The van der Waals surface area contributed by atoms with Gasteiger partial charge in [0.15, 0.2) is 8.32 Å². The first-order valence-corrected chi connectivity index (χ1v) is 21.6. The maximum absolute atomic E-state index is 12.3. The predicted octanol–water partition coefficient (Wildman–Crippen LogP) is 6.99. The SMILES string of the molecule is CCCCOC(=O)c1ccc(Nc2nc(NCC(C)[Si](C)(O)O[Si](C)(C)C)nc(Nc3ccc(C(=O)OCCCC)cc3)n2)cc1. The van der Waals surface area contributed by atoms with Gasteiger partial charge in [-0.05, 0) is 87.6 Å². The van der Waals surface area contributed by atoms with Crippen LogP contribution in [0, 0.1) is 0 Å². The van der Waals surface area contributed by atoms with Crippen LogP contribution in [0.1, 0.15) is 67.2 Å². The lowest BCUT2D eigenvalue weighted by Gasteiger charge is -2.33. The highest BCUT2D eigenvalue weighted by molar-refractivity contribution is 6.82. The molecule has 1 heterocycles. The number of carbonyl (C=O) groups is 2. The van der Waals surface area contributed by atoms with Crippen molar-refractivity contribution >= 4 is 58.0 Å². The van der Waals surface area contributed by atoms with Crippen molar-refractivity contribution in [3.63, 3.8) is 0 Å². The molecule has 0 fully saturated rings. The van der Waals surface area contributed by atoms with E-state index in [1.807, 2.05) is 20.8 Å². The van der Waals surface area contributed by atoms with E-state index in [1.165, 1.54) is 0 Å². The minimum absolute atomic E-state index is 0.155. The molecule has 2 atom stereocenters. The first kappa shape index (κ1) is 36.6. The molecule has 3 aromatic rings. The number of nitrogens with one attached hydrogen (secondary N) is 3. The summed E-state index contributed by atoms with van der Waals surface area (Å²) in [6.45, 7) is 15.2. The third-order valence-electron chi connectivity index (χ3n) is 6.84. The zero-order chi connectivity index (χ0) is 33.7. The minimum Gasteiger partial charge on any atom is -0.462 e. The van der Waals surface area contributed by atoms with Gasteiger partial charge < -0.3 is 34.3 Å². The van der Waals surface area contributed by atoms with E-state index in [9.17, 15) is 14.4 Å². The Balaban J connectivity index is 1.79. The Hall–Kier alpha value is -3.86. The van der Waals surface area contributed by atoms with Gasteiger partial charge in [0.1, 0.15) is 0 Å². The molecule has 4 N–H and O–H groups in total. The van der Waals surface area contributed by atoms with Gasteiger partial charge in [-0.1, -0.05) is 33.6 Å². The van der Waals surface area contributed by atoms with E-state index in [4.69, 9.17) is 13.6 Å². The summed E-state index contributed by atoms with van der Waals surface area (Å²) in [4.78, 5) is 49.3. The first-order valence-electron chi connectivity index (χ1n) is 15.8. The van der Waals surface area contributed by atoms with Gasteiger partial charge in [0.05, 0.1) is 24.3 Å². The van der Waals surface area contributed by atoms with Crippen LogP contribution in [-0.2, 0) is 13.6 Å². The number of anilines is 5. The fraction of sp³-hybridized carbons (Fsp3) is 0.469. The number of hydrogen-bond acceptors (Lipinski definition) is 12. The molecule has 0 saturated heterocycles. The number of benzene rings is 2. The first-order chi connectivity index (χ1) is 21.8.